The van der Waals surface area contributed by atoms with E-state index in [2.05, 4.69) is 4.90 Å². The van der Waals surface area contributed by atoms with E-state index in [0.29, 0.717) is 19.7 Å². The standard InChI is InChI=1S/C12H22N2O5S/c1-13-2-4-19-11(7-13)8-14-3-5-20(17,18)9-10(14)6-12(15)16/h10-11H,2-9H2,1H3,(H,15,16). The Morgan fingerprint density at radius 1 is 1.40 bits per heavy atom. The molecule has 2 heterocycles. The third kappa shape index (κ3) is 4.41. The zero-order valence-corrected chi connectivity index (χ0v) is 12.5. The molecule has 2 rings (SSSR count). The number of morpholine rings is 1. The molecule has 2 unspecified atom stereocenters. The van der Waals surface area contributed by atoms with Gasteiger partial charge in [0.2, 0.25) is 0 Å². The predicted octanol–water partition coefficient (Wildman–Crippen LogP) is -1.11. The number of rotatable bonds is 4. The van der Waals surface area contributed by atoms with E-state index in [1.54, 1.807) is 0 Å². The molecule has 2 aliphatic rings. The van der Waals surface area contributed by atoms with Crippen molar-refractivity contribution in [3.63, 3.8) is 0 Å². The molecule has 0 radical (unpaired) electrons. The van der Waals surface area contributed by atoms with E-state index in [-0.39, 0.29) is 24.0 Å². The minimum Gasteiger partial charge on any atom is -0.481 e. The maximum atomic E-state index is 11.7. The first-order valence-electron chi connectivity index (χ1n) is 6.82. The average Bonchev–Trinajstić information content (AvgIpc) is 2.31. The Bertz CT molecular complexity index is 453. The maximum Gasteiger partial charge on any atom is 0.304 e. The van der Waals surface area contributed by atoms with Crippen LogP contribution in [0.4, 0.5) is 0 Å². The van der Waals surface area contributed by atoms with Crippen LogP contribution in [0.1, 0.15) is 6.42 Å². The first kappa shape index (κ1) is 15.7. The van der Waals surface area contributed by atoms with Gasteiger partial charge in [0.1, 0.15) is 0 Å². The number of carbonyl (C=O) groups is 1. The second-order valence-corrected chi connectivity index (χ2v) is 7.84. The van der Waals surface area contributed by atoms with Gasteiger partial charge >= 0.3 is 5.97 Å². The fraction of sp³-hybridized carbons (Fsp3) is 0.917. The van der Waals surface area contributed by atoms with E-state index in [1.165, 1.54) is 0 Å². The molecule has 2 aliphatic heterocycles. The zero-order chi connectivity index (χ0) is 14.8. The molecule has 2 atom stereocenters. The molecule has 7 nitrogen and oxygen atoms in total. The molecule has 2 fully saturated rings. The second-order valence-electron chi connectivity index (χ2n) is 5.62. The van der Waals surface area contributed by atoms with Crippen LogP contribution >= 0.6 is 0 Å². The summed E-state index contributed by atoms with van der Waals surface area (Å²) in [5.74, 6) is -0.924. The van der Waals surface area contributed by atoms with Crippen LogP contribution in [-0.2, 0) is 19.4 Å². The Balaban J connectivity index is 1.98. The minimum absolute atomic E-state index is 0.0193. The second kappa shape index (κ2) is 6.38. The largest absolute Gasteiger partial charge is 0.481 e. The lowest BCUT2D eigenvalue weighted by Gasteiger charge is -2.39. The molecule has 1 N–H and O–H groups in total. The lowest BCUT2D eigenvalue weighted by atomic mass is 10.1. The number of aliphatic carboxylic acids is 1. The van der Waals surface area contributed by atoms with Crippen LogP contribution in [0.5, 0.6) is 0 Å². The number of nitrogens with zero attached hydrogens (tertiary/aromatic N) is 2. The summed E-state index contributed by atoms with van der Waals surface area (Å²) in [6, 6.07) is -0.443. The fourth-order valence-electron chi connectivity index (χ4n) is 2.79. The van der Waals surface area contributed by atoms with Crippen LogP contribution in [0, 0.1) is 0 Å². The van der Waals surface area contributed by atoms with Crippen molar-refractivity contribution in [1.29, 1.82) is 0 Å². The number of hydrogen-bond acceptors (Lipinski definition) is 6. The topological polar surface area (TPSA) is 87.2 Å². The molecule has 116 valence electrons. The lowest BCUT2D eigenvalue weighted by Crippen LogP contribution is -2.54. The highest BCUT2D eigenvalue weighted by Gasteiger charge is 2.34. The Morgan fingerprint density at radius 2 is 2.15 bits per heavy atom. The Labute approximate surface area is 119 Å². The van der Waals surface area contributed by atoms with Crippen molar-refractivity contribution in [3.8, 4) is 0 Å². The summed E-state index contributed by atoms with van der Waals surface area (Å²) in [5, 5.41) is 8.94. The van der Waals surface area contributed by atoms with Crippen LogP contribution in [0.2, 0.25) is 0 Å². The molecule has 0 amide bonds. The summed E-state index contributed by atoms with van der Waals surface area (Å²) in [6.45, 7) is 3.34. The van der Waals surface area contributed by atoms with Crippen LogP contribution < -0.4 is 0 Å². The summed E-state index contributed by atoms with van der Waals surface area (Å²) in [6.07, 6.45) is -0.118. The van der Waals surface area contributed by atoms with Crippen molar-refractivity contribution in [2.24, 2.45) is 0 Å². The van der Waals surface area contributed by atoms with Crippen molar-refractivity contribution in [3.05, 3.63) is 0 Å². The van der Waals surface area contributed by atoms with Gasteiger partial charge in [0.25, 0.3) is 0 Å². The van der Waals surface area contributed by atoms with E-state index in [1.807, 2.05) is 11.9 Å². The summed E-state index contributed by atoms with van der Waals surface area (Å²) < 4.78 is 29.0. The van der Waals surface area contributed by atoms with Gasteiger partial charge in [-0.3, -0.25) is 9.69 Å². The quantitative estimate of drug-likeness (QED) is 0.705. The molecule has 0 aromatic rings. The van der Waals surface area contributed by atoms with Gasteiger partial charge in [-0.15, -0.1) is 0 Å². The Hall–Kier alpha value is -0.700. The molecule has 0 aromatic heterocycles. The number of carboxylic acids is 1. The normalized spacial score (nSPS) is 32.0. The third-order valence-electron chi connectivity index (χ3n) is 3.84. The van der Waals surface area contributed by atoms with E-state index >= 15 is 0 Å². The van der Waals surface area contributed by atoms with E-state index in [0.717, 1.165) is 13.1 Å². The van der Waals surface area contributed by atoms with Gasteiger partial charge in [-0.05, 0) is 7.05 Å². The molecule has 8 heteroatoms. The van der Waals surface area contributed by atoms with Crippen molar-refractivity contribution >= 4 is 15.8 Å². The number of sulfone groups is 1. The Kier molecular flexibility index (Phi) is 5.00. The van der Waals surface area contributed by atoms with Crippen LogP contribution in [0.25, 0.3) is 0 Å². The molecule has 20 heavy (non-hydrogen) atoms. The van der Waals surface area contributed by atoms with Gasteiger partial charge in [0.15, 0.2) is 9.84 Å². The van der Waals surface area contributed by atoms with Gasteiger partial charge in [-0.1, -0.05) is 0 Å². The van der Waals surface area contributed by atoms with Gasteiger partial charge in [0.05, 0.1) is 30.6 Å². The van der Waals surface area contributed by atoms with E-state index in [4.69, 9.17) is 9.84 Å². The fourth-order valence-corrected chi connectivity index (χ4v) is 4.38. The molecule has 0 bridgehead atoms. The molecule has 2 saturated heterocycles. The van der Waals surface area contributed by atoms with Crippen LogP contribution in [0.3, 0.4) is 0 Å². The monoisotopic (exact) mass is 306 g/mol. The molecular weight excluding hydrogens is 284 g/mol. The van der Waals surface area contributed by atoms with Crippen molar-refractivity contribution < 1.29 is 23.1 Å². The van der Waals surface area contributed by atoms with Gasteiger partial charge in [-0.25, -0.2) is 8.42 Å². The van der Waals surface area contributed by atoms with Crippen LogP contribution in [0.15, 0.2) is 0 Å². The zero-order valence-electron chi connectivity index (χ0n) is 11.7. The molecular formula is C12H22N2O5S. The molecule has 0 aromatic carbocycles. The number of likely N-dealkylation sites (N-methyl/N-ethyl adjacent to an activating group) is 1. The van der Waals surface area contributed by atoms with Gasteiger partial charge in [0, 0.05) is 32.2 Å². The number of carboxylic acid groups (broad SMARTS) is 1. The maximum absolute atomic E-state index is 11.7. The van der Waals surface area contributed by atoms with Gasteiger partial charge in [-0.2, -0.15) is 0 Å². The van der Waals surface area contributed by atoms with Crippen molar-refractivity contribution in [1.82, 2.24) is 9.80 Å². The number of hydrogen-bond donors (Lipinski definition) is 1. The molecule has 0 saturated carbocycles. The minimum atomic E-state index is -3.12. The van der Waals surface area contributed by atoms with Gasteiger partial charge < -0.3 is 14.7 Å². The Morgan fingerprint density at radius 3 is 2.80 bits per heavy atom. The first-order valence-corrected chi connectivity index (χ1v) is 8.64. The smallest absolute Gasteiger partial charge is 0.304 e. The highest BCUT2D eigenvalue weighted by molar-refractivity contribution is 7.91. The summed E-state index contributed by atoms with van der Waals surface area (Å²) in [4.78, 5) is 15.0. The summed E-state index contributed by atoms with van der Waals surface area (Å²) in [7, 11) is -1.10. The van der Waals surface area contributed by atoms with Crippen molar-refractivity contribution in [2.45, 2.75) is 18.6 Å². The van der Waals surface area contributed by atoms with Crippen LogP contribution in [-0.4, -0.2) is 92.8 Å². The highest BCUT2D eigenvalue weighted by Crippen LogP contribution is 2.17. The summed E-state index contributed by atoms with van der Waals surface area (Å²) in [5.41, 5.74) is 0. The average molecular weight is 306 g/mol. The lowest BCUT2D eigenvalue weighted by molar-refractivity contribution is -0.138. The number of ether oxygens (including phenoxy) is 1. The van der Waals surface area contributed by atoms with E-state index < -0.39 is 21.8 Å². The van der Waals surface area contributed by atoms with Crippen molar-refractivity contribution in [2.75, 3.05) is 51.3 Å². The first-order chi connectivity index (χ1) is 9.35. The molecule has 0 spiro atoms. The molecule has 0 aliphatic carbocycles. The predicted molar refractivity (Wildman–Crippen MR) is 73.5 cm³/mol. The summed E-state index contributed by atoms with van der Waals surface area (Å²) >= 11 is 0. The SMILES string of the molecule is CN1CCOC(CN2CCS(=O)(=O)CC2CC(=O)O)C1. The third-order valence-corrected chi connectivity index (χ3v) is 5.54. The highest BCUT2D eigenvalue weighted by atomic mass is 32.2. The van der Waals surface area contributed by atoms with E-state index in [9.17, 15) is 13.2 Å².